The maximum Gasteiger partial charge on any atom is 0.341 e. The molecule has 0 saturated carbocycles. The molecule has 0 amide bonds. The van der Waals surface area contributed by atoms with Gasteiger partial charge in [-0.25, -0.2) is 0 Å². The summed E-state index contributed by atoms with van der Waals surface area (Å²) in [4.78, 5) is 0. The van der Waals surface area contributed by atoms with E-state index < -0.39 is 6.00 Å². The monoisotopic (exact) mass is 420 g/mol. The van der Waals surface area contributed by atoms with Gasteiger partial charge in [-0.15, -0.1) is 33.2 Å². The Morgan fingerprint density at radius 2 is 0.958 bits per heavy atom. The van der Waals surface area contributed by atoms with Gasteiger partial charge in [0.05, 0.1) is 26.4 Å². The van der Waals surface area contributed by atoms with Crippen molar-refractivity contribution >= 4 is 39.2 Å². The molecular weight excluding hydrogens is 387 g/mol. The number of hydrogen-bond donors (Lipinski definition) is 0. The molecule has 3 nitrogen and oxygen atoms in total. The van der Waals surface area contributed by atoms with Crippen LogP contribution in [0.1, 0.15) is 64.7 Å². The van der Waals surface area contributed by atoms with E-state index in [4.69, 9.17) is 47.4 Å². The molecule has 0 N–H and O–H groups in total. The quantitative estimate of drug-likeness (QED) is 0.141. The summed E-state index contributed by atoms with van der Waals surface area (Å²) in [5.41, 5.74) is 0. The summed E-state index contributed by atoms with van der Waals surface area (Å²) in [5, 5.41) is 0. The van der Waals surface area contributed by atoms with Crippen LogP contribution in [0.4, 0.5) is 0 Å². The highest BCUT2D eigenvalue weighted by atomic mass is 35.8. The van der Waals surface area contributed by atoms with Crippen LogP contribution in [-0.2, 0) is 14.2 Å². The minimum absolute atomic E-state index is 0.656. The molecule has 0 atom stereocenters. The van der Waals surface area contributed by atoms with Crippen LogP contribution in [-0.4, -0.2) is 45.6 Å². The average molecular weight is 422 g/mol. The largest absolute Gasteiger partial charge is 0.379 e. The zero-order valence-corrected chi connectivity index (χ0v) is 18.4. The van der Waals surface area contributed by atoms with Crippen molar-refractivity contribution in [3.63, 3.8) is 0 Å². The Balaban J connectivity index is 3.00. The molecule has 7 heteroatoms. The normalized spacial score (nSPS) is 12.0. The molecule has 0 fully saturated rings. The van der Waals surface area contributed by atoms with Gasteiger partial charge in [0.15, 0.2) is 0 Å². The first kappa shape index (κ1) is 25.0. The molecule has 0 saturated heterocycles. The van der Waals surface area contributed by atoms with Crippen molar-refractivity contribution in [3.8, 4) is 0 Å². The molecule has 0 aromatic carbocycles. The van der Waals surface area contributed by atoms with E-state index in [1.807, 2.05) is 6.92 Å². The molecule has 0 aliphatic carbocycles. The van der Waals surface area contributed by atoms with Crippen LogP contribution in [0.25, 0.3) is 0 Å². The lowest BCUT2D eigenvalue weighted by molar-refractivity contribution is 0.0162. The summed E-state index contributed by atoms with van der Waals surface area (Å²) in [7, 11) is 0. The van der Waals surface area contributed by atoms with Crippen LogP contribution in [0.3, 0.4) is 0 Å². The molecule has 0 spiro atoms. The van der Waals surface area contributed by atoms with Crippen molar-refractivity contribution in [2.75, 3.05) is 39.6 Å². The van der Waals surface area contributed by atoms with Crippen LogP contribution in [0.5, 0.6) is 0 Å². The van der Waals surface area contributed by atoms with Crippen LogP contribution in [0, 0.1) is 0 Å². The van der Waals surface area contributed by atoms with Gasteiger partial charge in [-0.05, 0) is 19.4 Å². The molecule has 0 heterocycles. The molecule has 146 valence electrons. The van der Waals surface area contributed by atoms with Crippen LogP contribution < -0.4 is 0 Å². The summed E-state index contributed by atoms with van der Waals surface area (Å²) in [6.45, 7) is 6.25. The minimum Gasteiger partial charge on any atom is -0.379 e. The molecule has 0 aliphatic heterocycles. The summed E-state index contributed by atoms with van der Waals surface area (Å²) in [5.74, 6) is 0. The van der Waals surface area contributed by atoms with Crippen LogP contribution in [0.15, 0.2) is 0 Å². The van der Waals surface area contributed by atoms with Crippen molar-refractivity contribution in [3.05, 3.63) is 0 Å². The van der Waals surface area contributed by atoms with Gasteiger partial charge < -0.3 is 14.2 Å². The minimum atomic E-state index is -2.38. The van der Waals surface area contributed by atoms with E-state index in [9.17, 15) is 0 Å². The van der Waals surface area contributed by atoms with E-state index in [0.717, 1.165) is 32.1 Å². The molecular formula is C17H35Cl3O3Si. The Bertz CT molecular complexity index is 254. The maximum atomic E-state index is 5.86. The van der Waals surface area contributed by atoms with Crippen molar-refractivity contribution in [1.82, 2.24) is 0 Å². The molecule has 24 heavy (non-hydrogen) atoms. The lowest BCUT2D eigenvalue weighted by atomic mass is 10.1. The van der Waals surface area contributed by atoms with E-state index in [-0.39, 0.29) is 0 Å². The molecule has 0 bridgehead atoms. The van der Waals surface area contributed by atoms with Gasteiger partial charge >= 0.3 is 6.00 Å². The number of rotatable bonds is 19. The summed E-state index contributed by atoms with van der Waals surface area (Å²) in [6, 6.07) is -1.58. The van der Waals surface area contributed by atoms with E-state index in [2.05, 4.69) is 0 Å². The fourth-order valence-electron chi connectivity index (χ4n) is 2.35. The first-order valence-electron chi connectivity index (χ1n) is 9.36. The zero-order chi connectivity index (χ0) is 17.9. The molecule has 0 rings (SSSR count). The second-order valence-electron chi connectivity index (χ2n) is 5.97. The number of halogens is 3. The molecule has 0 aromatic heterocycles. The Morgan fingerprint density at radius 1 is 0.542 bits per heavy atom. The Kier molecular flexibility index (Phi) is 19.5. The zero-order valence-electron chi connectivity index (χ0n) is 15.2. The predicted molar refractivity (Wildman–Crippen MR) is 108 cm³/mol. The molecule has 0 aliphatic rings. The van der Waals surface area contributed by atoms with Gasteiger partial charge in [-0.1, -0.05) is 51.4 Å². The second-order valence-corrected chi connectivity index (χ2v) is 15.2. The first-order chi connectivity index (χ1) is 11.6. The van der Waals surface area contributed by atoms with Crippen molar-refractivity contribution in [2.24, 2.45) is 0 Å². The number of ether oxygens (including phenoxy) is 3. The number of hydrogen-bond acceptors (Lipinski definition) is 3. The Hall–Kier alpha value is 0.967. The first-order valence-corrected chi connectivity index (χ1v) is 14.6. The Morgan fingerprint density at radius 3 is 1.46 bits per heavy atom. The van der Waals surface area contributed by atoms with Gasteiger partial charge in [0, 0.05) is 13.2 Å². The highest BCUT2D eigenvalue weighted by Gasteiger charge is 2.23. The average Bonchev–Trinajstić information content (AvgIpc) is 2.52. The SMILES string of the molecule is CCOCCOCCOCCCCCCCCCCC[Si](Cl)(Cl)Cl. The van der Waals surface area contributed by atoms with Crippen molar-refractivity contribution < 1.29 is 14.2 Å². The van der Waals surface area contributed by atoms with Crippen molar-refractivity contribution in [2.45, 2.75) is 70.8 Å². The fourth-order valence-corrected chi connectivity index (χ4v) is 4.20. The lowest BCUT2D eigenvalue weighted by Gasteiger charge is -2.07. The summed E-state index contributed by atoms with van der Waals surface area (Å²) >= 11 is 17.6. The fraction of sp³-hybridized carbons (Fsp3) is 1.00. The van der Waals surface area contributed by atoms with Gasteiger partial charge in [-0.3, -0.25) is 0 Å². The van der Waals surface area contributed by atoms with Gasteiger partial charge in [0.2, 0.25) is 0 Å². The topological polar surface area (TPSA) is 27.7 Å². The standard InChI is InChI=1S/C17H35Cl3O3Si/c1-2-21-13-14-23-16-15-22-12-10-8-6-4-3-5-7-9-11-17-24(18,19)20/h2-17H2,1H3. The summed E-state index contributed by atoms with van der Waals surface area (Å²) in [6.07, 6.45) is 11.2. The summed E-state index contributed by atoms with van der Waals surface area (Å²) < 4.78 is 16.1. The Labute approximate surface area is 163 Å². The molecule has 0 unspecified atom stereocenters. The van der Waals surface area contributed by atoms with Crippen LogP contribution in [0.2, 0.25) is 6.04 Å². The van der Waals surface area contributed by atoms with Crippen LogP contribution >= 0.6 is 33.2 Å². The maximum absolute atomic E-state index is 5.86. The van der Waals surface area contributed by atoms with E-state index in [1.54, 1.807) is 0 Å². The van der Waals surface area contributed by atoms with E-state index in [0.29, 0.717) is 26.4 Å². The van der Waals surface area contributed by atoms with Crippen molar-refractivity contribution in [1.29, 1.82) is 0 Å². The molecule has 0 radical (unpaired) electrons. The lowest BCUT2D eigenvalue weighted by Crippen LogP contribution is -2.09. The van der Waals surface area contributed by atoms with E-state index in [1.165, 1.54) is 44.9 Å². The number of unbranched alkanes of at least 4 members (excludes halogenated alkanes) is 8. The third kappa shape index (κ3) is 23.0. The van der Waals surface area contributed by atoms with Gasteiger partial charge in [-0.2, -0.15) is 0 Å². The smallest absolute Gasteiger partial charge is 0.341 e. The third-order valence-corrected chi connectivity index (χ3v) is 6.32. The van der Waals surface area contributed by atoms with Gasteiger partial charge in [0.25, 0.3) is 0 Å². The predicted octanol–water partition coefficient (Wildman–Crippen LogP) is 6.22. The second kappa shape index (κ2) is 18.7. The third-order valence-electron chi connectivity index (χ3n) is 3.70. The highest BCUT2D eigenvalue weighted by Crippen LogP contribution is 2.27. The van der Waals surface area contributed by atoms with E-state index >= 15 is 0 Å². The highest BCUT2D eigenvalue weighted by molar-refractivity contribution is 7.64. The van der Waals surface area contributed by atoms with Gasteiger partial charge in [0.1, 0.15) is 0 Å². The molecule has 0 aromatic rings.